The predicted octanol–water partition coefficient (Wildman–Crippen LogP) is 7.66. The first-order chi connectivity index (χ1) is 16.5. The van der Waals surface area contributed by atoms with Gasteiger partial charge in [0.15, 0.2) is 0 Å². The van der Waals surface area contributed by atoms with Gasteiger partial charge in [0.2, 0.25) is 0 Å². The van der Waals surface area contributed by atoms with Crippen molar-refractivity contribution in [2.24, 2.45) is 0 Å². The first-order valence-corrected chi connectivity index (χ1v) is 12.4. The fourth-order valence-corrected chi connectivity index (χ4v) is 3.98. The molecule has 0 N–H and O–H groups in total. The molecule has 0 spiro atoms. The number of carbonyl (C=O) groups excluding carboxylic acids is 2. The van der Waals surface area contributed by atoms with Crippen LogP contribution in [0.3, 0.4) is 0 Å². The molecule has 35 heavy (non-hydrogen) atoms. The molecule has 0 aliphatic rings. The smallest absolute Gasteiger partial charge is 0.311 e. The number of esters is 2. The summed E-state index contributed by atoms with van der Waals surface area (Å²) in [5.41, 5.74) is 5.73. The molecular weight excluding hydrogens is 436 g/mol. The second kappa shape index (κ2) is 12.5. The summed E-state index contributed by atoms with van der Waals surface area (Å²) in [5, 5.41) is 0. The van der Waals surface area contributed by atoms with Crippen molar-refractivity contribution < 1.29 is 19.1 Å². The van der Waals surface area contributed by atoms with Gasteiger partial charge in [-0.2, -0.15) is 0 Å². The SMILES string of the molecule is C=C(C)Cc1cc(C(C)(C)c2ccc(OC(=O)CCC)c(CC(=C)C)c2)ccc1OC(=O)CCC. The van der Waals surface area contributed by atoms with Gasteiger partial charge in [-0.1, -0.05) is 76.3 Å². The molecule has 0 amide bonds. The van der Waals surface area contributed by atoms with Gasteiger partial charge in [-0.25, -0.2) is 0 Å². The molecule has 2 rings (SSSR count). The summed E-state index contributed by atoms with van der Waals surface area (Å²) >= 11 is 0. The molecule has 0 aliphatic heterocycles. The summed E-state index contributed by atoms with van der Waals surface area (Å²) in [5.74, 6) is 0.736. The van der Waals surface area contributed by atoms with Gasteiger partial charge in [0.05, 0.1) is 0 Å². The third-order valence-electron chi connectivity index (χ3n) is 5.90. The topological polar surface area (TPSA) is 52.6 Å². The highest BCUT2D eigenvalue weighted by atomic mass is 16.5. The van der Waals surface area contributed by atoms with Crippen LogP contribution in [0.4, 0.5) is 0 Å². The third-order valence-corrected chi connectivity index (χ3v) is 5.90. The van der Waals surface area contributed by atoms with E-state index in [1.165, 1.54) is 0 Å². The molecule has 0 saturated carbocycles. The van der Waals surface area contributed by atoms with Crippen LogP contribution in [-0.2, 0) is 27.8 Å². The molecule has 0 saturated heterocycles. The fourth-order valence-electron chi connectivity index (χ4n) is 3.98. The molecule has 0 aromatic heterocycles. The van der Waals surface area contributed by atoms with Crippen molar-refractivity contribution in [1.29, 1.82) is 0 Å². The second-order valence-corrected chi connectivity index (χ2v) is 9.99. The Morgan fingerprint density at radius 1 is 0.743 bits per heavy atom. The minimum atomic E-state index is -0.342. The van der Waals surface area contributed by atoms with E-state index in [0.717, 1.165) is 46.2 Å². The van der Waals surface area contributed by atoms with Gasteiger partial charge in [-0.15, -0.1) is 0 Å². The molecule has 4 heteroatoms. The van der Waals surface area contributed by atoms with E-state index in [-0.39, 0.29) is 17.4 Å². The van der Waals surface area contributed by atoms with Crippen LogP contribution in [0.2, 0.25) is 0 Å². The maximum Gasteiger partial charge on any atom is 0.311 e. The van der Waals surface area contributed by atoms with Crippen LogP contribution in [0.25, 0.3) is 0 Å². The Morgan fingerprint density at radius 3 is 1.43 bits per heavy atom. The van der Waals surface area contributed by atoms with Gasteiger partial charge >= 0.3 is 11.9 Å². The van der Waals surface area contributed by atoms with Gasteiger partial charge in [-0.05, 0) is 73.9 Å². The van der Waals surface area contributed by atoms with Crippen molar-refractivity contribution in [1.82, 2.24) is 0 Å². The van der Waals surface area contributed by atoms with Gasteiger partial charge in [0, 0.05) is 18.3 Å². The molecule has 0 fully saturated rings. The number of rotatable bonds is 12. The van der Waals surface area contributed by atoms with Crippen LogP contribution in [-0.4, -0.2) is 11.9 Å². The van der Waals surface area contributed by atoms with Gasteiger partial charge in [0.25, 0.3) is 0 Å². The summed E-state index contributed by atoms with van der Waals surface area (Å²) in [6, 6.07) is 12.0. The monoisotopic (exact) mass is 476 g/mol. The zero-order valence-corrected chi connectivity index (χ0v) is 22.3. The van der Waals surface area contributed by atoms with Crippen LogP contribution >= 0.6 is 0 Å². The average molecular weight is 477 g/mol. The second-order valence-electron chi connectivity index (χ2n) is 9.99. The van der Waals surface area contributed by atoms with Crippen molar-refractivity contribution in [2.45, 2.75) is 85.5 Å². The lowest BCUT2D eigenvalue weighted by molar-refractivity contribution is -0.135. The molecule has 2 aromatic carbocycles. The Hall–Kier alpha value is -3.14. The Morgan fingerprint density at radius 2 is 1.11 bits per heavy atom. The van der Waals surface area contributed by atoms with Crippen LogP contribution in [0.1, 0.15) is 89.5 Å². The number of hydrogen-bond acceptors (Lipinski definition) is 4. The number of hydrogen-bond donors (Lipinski definition) is 0. The number of carbonyl (C=O) groups is 2. The number of ether oxygens (including phenoxy) is 2. The van der Waals surface area contributed by atoms with Crippen molar-refractivity contribution in [3.8, 4) is 11.5 Å². The van der Waals surface area contributed by atoms with Gasteiger partial charge in [0.1, 0.15) is 11.5 Å². The predicted molar refractivity (Wildman–Crippen MR) is 143 cm³/mol. The van der Waals surface area contributed by atoms with Crippen LogP contribution in [0.5, 0.6) is 11.5 Å². The molecule has 0 heterocycles. The maximum atomic E-state index is 12.1. The molecule has 4 nitrogen and oxygen atoms in total. The molecular formula is C31H40O4. The van der Waals surface area contributed by atoms with Crippen LogP contribution < -0.4 is 9.47 Å². The quantitative estimate of drug-likeness (QED) is 0.179. The molecule has 0 atom stereocenters. The lowest BCUT2D eigenvalue weighted by Gasteiger charge is -2.28. The van der Waals surface area contributed by atoms with E-state index in [2.05, 4.69) is 39.1 Å². The fraction of sp³-hybridized carbons (Fsp3) is 0.419. The number of allylic oxidation sites excluding steroid dienone is 2. The van der Waals surface area contributed by atoms with Crippen LogP contribution in [0.15, 0.2) is 60.7 Å². The summed E-state index contributed by atoms with van der Waals surface area (Å²) < 4.78 is 11.3. The molecule has 0 unspecified atom stereocenters. The Balaban J connectivity index is 2.48. The molecule has 2 aromatic rings. The Kier molecular flexibility index (Phi) is 10.1. The van der Waals surface area contributed by atoms with E-state index in [1.807, 2.05) is 52.0 Å². The van der Waals surface area contributed by atoms with Gasteiger partial charge in [-0.3, -0.25) is 9.59 Å². The third kappa shape index (κ3) is 7.95. The van der Waals surface area contributed by atoms with Crippen LogP contribution in [0, 0.1) is 0 Å². The molecule has 0 radical (unpaired) electrons. The van der Waals surface area contributed by atoms with E-state index >= 15 is 0 Å². The highest BCUT2D eigenvalue weighted by Crippen LogP contribution is 2.37. The standard InChI is InChI=1S/C31H40O4/c1-9-11-29(32)34-27-15-13-25(19-23(27)17-21(3)4)31(7,8)26-14-16-28(35-30(33)12-10-2)24(20-26)18-22(5)6/h13-16,19-20H,3,5,9-12,17-18H2,1-2,4,6-8H3. The molecule has 0 bridgehead atoms. The summed E-state index contributed by atoms with van der Waals surface area (Å²) in [7, 11) is 0. The average Bonchev–Trinajstić information content (AvgIpc) is 2.75. The van der Waals surface area contributed by atoms with Crippen molar-refractivity contribution in [3.05, 3.63) is 83.0 Å². The van der Waals surface area contributed by atoms with Gasteiger partial charge < -0.3 is 9.47 Å². The van der Waals surface area contributed by atoms with Crippen molar-refractivity contribution >= 4 is 11.9 Å². The lowest BCUT2D eigenvalue weighted by atomic mass is 9.76. The van der Waals surface area contributed by atoms with E-state index < -0.39 is 0 Å². The summed E-state index contributed by atoms with van der Waals surface area (Å²) in [6.45, 7) is 20.3. The first-order valence-electron chi connectivity index (χ1n) is 12.4. The summed E-state index contributed by atoms with van der Waals surface area (Å²) in [6.07, 6.45) is 3.53. The van der Waals surface area contributed by atoms with Crippen molar-refractivity contribution in [3.63, 3.8) is 0 Å². The highest BCUT2D eigenvalue weighted by Gasteiger charge is 2.26. The first kappa shape index (κ1) is 28.1. The van der Waals surface area contributed by atoms with E-state index in [9.17, 15) is 9.59 Å². The Bertz CT molecular complexity index is 1010. The van der Waals surface area contributed by atoms with E-state index in [1.54, 1.807) is 0 Å². The number of benzene rings is 2. The zero-order valence-electron chi connectivity index (χ0n) is 22.3. The zero-order chi connectivity index (χ0) is 26.2. The largest absolute Gasteiger partial charge is 0.426 e. The highest BCUT2D eigenvalue weighted by molar-refractivity contribution is 5.73. The summed E-state index contributed by atoms with van der Waals surface area (Å²) in [4.78, 5) is 24.3. The minimum absolute atomic E-state index is 0.222. The van der Waals surface area contributed by atoms with E-state index in [4.69, 9.17) is 9.47 Å². The maximum absolute atomic E-state index is 12.1. The normalized spacial score (nSPS) is 11.1. The van der Waals surface area contributed by atoms with E-state index in [0.29, 0.717) is 37.2 Å². The molecule has 0 aliphatic carbocycles. The Labute approximate surface area is 211 Å². The van der Waals surface area contributed by atoms with Crippen molar-refractivity contribution in [2.75, 3.05) is 0 Å². The molecule has 188 valence electrons. The lowest BCUT2D eigenvalue weighted by Crippen LogP contribution is -2.20. The minimum Gasteiger partial charge on any atom is -0.426 e.